The van der Waals surface area contributed by atoms with Crippen molar-refractivity contribution in [2.75, 3.05) is 0 Å². The van der Waals surface area contributed by atoms with Gasteiger partial charge in [-0.15, -0.1) is 0 Å². The first-order chi connectivity index (χ1) is 14.0. The number of aliphatic imine (C=N–C) groups is 1. The molecule has 0 unspecified atom stereocenters. The molecule has 7 nitrogen and oxygen atoms in total. The highest BCUT2D eigenvalue weighted by atomic mass is 79.9. The first kappa shape index (κ1) is 19.2. The zero-order chi connectivity index (χ0) is 20.4. The minimum absolute atomic E-state index is 0.0132. The molecule has 1 fully saturated rings. The number of hydrogen-bond donors (Lipinski definition) is 1. The second kappa shape index (κ2) is 8.06. The number of nitro benzene ring substituents is 1. The number of thioether (sulfide) groups is 1. The van der Waals surface area contributed by atoms with Crippen molar-refractivity contribution in [3.8, 4) is 11.3 Å². The number of nitrogens with zero attached hydrogens (tertiary/aromatic N) is 2. The van der Waals surface area contributed by atoms with Crippen LogP contribution in [-0.2, 0) is 4.79 Å². The van der Waals surface area contributed by atoms with E-state index in [4.69, 9.17) is 4.42 Å². The number of amides is 1. The van der Waals surface area contributed by atoms with Gasteiger partial charge in [0.2, 0.25) is 0 Å². The normalized spacial score (nSPS) is 16.4. The molecular formula is C20H12BrN3O4S. The molecule has 1 aliphatic rings. The maximum absolute atomic E-state index is 12.2. The third-order valence-corrected chi connectivity index (χ3v) is 5.41. The number of rotatable bonds is 4. The Hall–Kier alpha value is -3.17. The van der Waals surface area contributed by atoms with Gasteiger partial charge in [0.1, 0.15) is 11.5 Å². The van der Waals surface area contributed by atoms with Crippen LogP contribution in [0.4, 0.5) is 11.4 Å². The first-order valence-corrected chi connectivity index (χ1v) is 9.99. The molecule has 1 amide bonds. The Labute approximate surface area is 177 Å². The van der Waals surface area contributed by atoms with Crippen LogP contribution < -0.4 is 5.32 Å². The van der Waals surface area contributed by atoms with Gasteiger partial charge in [-0.3, -0.25) is 14.9 Å². The Morgan fingerprint density at radius 1 is 1.07 bits per heavy atom. The highest BCUT2D eigenvalue weighted by Crippen LogP contribution is 2.30. The predicted octanol–water partition coefficient (Wildman–Crippen LogP) is 5.51. The molecule has 0 spiro atoms. The molecule has 2 aromatic carbocycles. The molecule has 0 bridgehead atoms. The number of non-ortho nitro benzene ring substituents is 1. The van der Waals surface area contributed by atoms with Gasteiger partial charge in [-0.25, -0.2) is 4.99 Å². The third-order valence-electron chi connectivity index (χ3n) is 3.97. The van der Waals surface area contributed by atoms with Crippen molar-refractivity contribution in [2.24, 2.45) is 4.99 Å². The lowest BCUT2D eigenvalue weighted by Crippen LogP contribution is -2.19. The summed E-state index contributed by atoms with van der Waals surface area (Å²) in [7, 11) is 0. The van der Waals surface area contributed by atoms with E-state index in [1.807, 2.05) is 24.3 Å². The number of halogens is 1. The maximum Gasteiger partial charge on any atom is 0.269 e. The summed E-state index contributed by atoms with van der Waals surface area (Å²) in [6.07, 6.45) is 1.64. The van der Waals surface area contributed by atoms with Crippen LogP contribution in [0.3, 0.4) is 0 Å². The number of nitro groups is 1. The number of furan rings is 1. The van der Waals surface area contributed by atoms with Crippen molar-refractivity contribution in [3.05, 3.63) is 85.9 Å². The molecule has 1 saturated heterocycles. The van der Waals surface area contributed by atoms with Gasteiger partial charge >= 0.3 is 0 Å². The van der Waals surface area contributed by atoms with Crippen LogP contribution in [0, 0.1) is 10.1 Å². The van der Waals surface area contributed by atoms with Crippen LogP contribution >= 0.6 is 27.7 Å². The maximum atomic E-state index is 12.2. The van der Waals surface area contributed by atoms with Gasteiger partial charge in [0.15, 0.2) is 5.17 Å². The minimum Gasteiger partial charge on any atom is -0.457 e. The molecular weight excluding hydrogens is 458 g/mol. The van der Waals surface area contributed by atoms with Gasteiger partial charge in [0, 0.05) is 28.2 Å². The molecule has 9 heteroatoms. The van der Waals surface area contributed by atoms with Gasteiger partial charge in [-0.1, -0.05) is 15.9 Å². The SMILES string of the molecule is O=C1NC(=Nc2ccc(Br)cc2)S/C1=C/c1ccc(-c2ccc([N+](=O)[O-])cc2)o1. The van der Waals surface area contributed by atoms with E-state index in [0.717, 1.165) is 10.2 Å². The highest BCUT2D eigenvalue weighted by Gasteiger charge is 2.24. The van der Waals surface area contributed by atoms with Crippen molar-refractivity contribution in [1.82, 2.24) is 5.32 Å². The quantitative estimate of drug-likeness (QED) is 0.308. The molecule has 0 radical (unpaired) electrons. The molecule has 3 aromatic rings. The molecule has 4 rings (SSSR count). The van der Waals surface area contributed by atoms with Gasteiger partial charge < -0.3 is 9.73 Å². The lowest BCUT2D eigenvalue weighted by atomic mass is 10.1. The molecule has 2 heterocycles. The average molecular weight is 470 g/mol. The molecule has 1 aromatic heterocycles. The van der Waals surface area contributed by atoms with Gasteiger partial charge in [-0.2, -0.15) is 0 Å². The number of carbonyl (C=O) groups is 1. The minimum atomic E-state index is -0.453. The zero-order valence-corrected chi connectivity index (χ0v) is 17.1. The summed E-state index contributed by atoms with van der Waals surface area (Å²) in [6.45, 7) is 0. The molecule has 0 aliphatic carbocycles. The van der Waals surface area contributed by atoms with E-state index in [2.05, 4.69) is 26.2 Å². The molecule has 0 saturated carbocycles. The van der Waals surface area contributed by atoms with Gasteiger partial charge in [0.05, 0.1) is 15.5 Å². The van der Waals surface area contributed by atoms with Crippen molar-refractivity contribution in [2.45, 2.75) is 0 Å². The molecule has 1 aliphatic heterocycles. The van der Waals surface area contributed by atoms with Crippen molar-refractivity contribution >= 4 is 56.2 Å². The predicted molar refractivity (Wildman–Crippen MR) is 116 cm³/mol. The van der Waals surface area contributed by atoms with E-state index in [1.54, 1.807) is 30.3 Å². The number of carbonyl (C=O) groups excluding carboxylic acids is 1. The van der Waals surface area contributed by atoms with Crippen LogP contribution in [0.1, 0.15) is 5.76 Å². The Balaban J connectivity index is 1.52. The summed E-state index contributed by atoms with van der Waals surface area (Å²) in [5.74, 6) is 0.805. The fourth-order valence-electron chi connectivity index (χ4n) is 2.58. The van der Waals surface area contributed by atoms with Crippen LogP contribution in [0.5, 0.6) is 0 Å². The van der Waals surface area contributed by atoms with Gasteiger partial charge in [0.25, 0.3) is 11.6 Å². The van der Waals surface area contributed by atoms with E-state index >= 15 is 0 Å². The van der Waals surface area contributed by atoms with Gasteiger partial charge in [-0.05, 0) is 60.3 Å². The number of hydrogen-bond acceptors (Lipinski definition) is 6. The lowest BCUT2D eigenvalue weighted by Gasteiger charge is -1.97. The third kappa shape index (κ3) is 4.47. The van der Waals surface area contributed by atoms with Crippen LogP contribution in [-0.4, -0.2) is 16.0 Å². The fourth-order valence-corrected chi connectivity index (χ4v) is 3.66. The summed E-state index contributed by atoms with van der Waals surface area (Å²) < 4.78 is 6.71. The van der Waals surface area contributed by atoms with Crippen molar-refractivity contribution in [1.29, 1.82) is 0 Å². The van der Waals surface area contributed by atoms with Crippen LogP contribution in [0.25, 0.3) is 17.4 Å². The summed E-state index contributed by atoms with van der Waals surface area (Å²) >= 11 is 4.60. The van der Waals surface area contributed by atoms with E-state index in [0.29, 0.717) is 27.2 Å². The smallest absolute Gasteiger partial charge is 0.269 e. The topological polar surface area (TPSA) is 97.7 Å². The summed E-state index contributed by atoms with van der Waals surface area (Å²) in [5, 5.41) is 14.0. The van der Waals surface area contributed by atoms with Crippen molar-refractivity contribution in [3.63, 3.8) is 0 Å². The second-order valence-electron chi connectivity index (χ2n) is 5.96. The highest BCUT2D eigenvalue weighted by molar-refractivity contribution is 9.10. The Kier molecular flexibility index (Phi) is 5.32. The summed E-state index contributed by atoms with van der Waals surface area (Å²) in [5.41, 5.74) is 1.45. The number of benzene rings is 2. The van der Waals surface area contributed by atoms with E-state index in [9.17, 15) is 14.9 Å². The van der Waals surface area contributed by atoms with E-state index < -0.39 is 4.92 Å². The van der Waals surface area contributed by atoms with Crippen molar-refractivity contribution < 1.29 is 14.1 Å². The monoisotopic (exact) mass is 469 g/mol. The van der Waals surface area contributed by atoms with Crippen LogP contribution in [0.15, 0.2) is 79.5 Å². The first-order valence-electron chi connectivity index (χ1n) is 8.38. The molecule has 144 valence electrons. The largest absolute Gasteiger partial charge is 0.457 e. The lowest BCUT2D eigenvalue weighted by molar-refractivity contribution is -0.384. The van der Waals surface area contributed by atoms with Crippen LogP contribution in [0.2, 0.25) is 0 Å². The number of nitrogens with one attached hydrogen (secondary N) is 1. The molecule has 29 heavy (non-hydrogen) atoms. The number of amidine groups is 1. The van der Waals surface area contributed by atoms with E-state index in [-0.39, 0.29) is 11.6 Å². The second-order valence-corrected chi connectivity index (χ2v) is 7.91. The Morgan fingerprint density at radius 2 is 1.79 bits per heavy atom. The van der Waals surface area contributed by atoms with E-state index in [1.165, 1.54) is 23.9 Å². The Bertz CT molecular complexity index is 1150. The average Bonchev–Trinajstić information content (AvgIpc) is 3.31. The Morgan fingerprint density at radius 3 is 2.48 bits per heavy atom. The standard InChI is InChI=1S/C20H12BrN3O4S/c21-13-3-5-14(6-4-13)22-20-23-19(25)18(29-20)11-16-9-10-17(28-16)12-1-7-15(8-2-12)24(26)27/h1-11H,(H,22,23,25)/b18-11+. The zero-order valence-electron chi connectivity index (χ0n) is 14.7. The molecule has 0 atom stereocenters. The summed E-state index contributed by atoms with van der Waals surface area (Å²) in [6, 6.07) is 17.0. The molecule has 1 N–H and O–H groups in total. The summed E-state index contributed by atoms with van der Waals surface area (Å²) in [4.78, 5) is 27.4. The fraction of sp³-hybridized carbons (Fsp3) is 0.